The summed E-state index contributed by atoms with van der Waals surface area (Å²) in [4.78, 5) is 0. The molecule has 0 bridgehead atoms. The van der Waals surface area contributed by atoms with E-state index in [0.29, 0.717) is 19.2 Å². The summed E-state index contributed by atoms with van der Waals surface area (Å²) in [6.45, 7) is 4.20. The third-order valence-electron chi connectivity index (χ3n) is 3.94. The van der Waals surface area contributed by atoms with E-state index >= 15 is 0 Å². The second-order valence-corrected chi connectivity index (χ2v) is 8.79. The number of rotatable bonds is 4. The van der Waals surface area contributed by atoms with Crippen molar-refractivity contribution in [1.82, 2.24) is 0 Å². The molecule has 1 aliphatic carbocycles. The minimum atomic E-state index is 0.292. The number of allylic oxidation sites excluding steroid dienone is 6. The molecular weight excluding hydrogens is 412 g/mol. The molecule has 0 radical (unpaired) electrons. The van der Waals surface area contributed by atoms with Gasteiger partial charge in [-0.3, -0.25) is 0 Å². The van der Waals surface area contributed by atoms with Crippen LogP contribution < -0.4 is 0 Å². The summed E-state index contributed by atoms with van der Waals surface area (Å²) in [5.74, 6) is 0. The van der Waals surface area contributed by atoms with E-state index in [1.54, 1.807) is 32.1 Å². The molecule has 0 atom stereocenters. The maximum atomic E-state index is 3.50. The van der Waals surface area contributed by atoms with Gasteiger partial charge in [0.05, 0.1) is 0 Å². The van der Waals surface area contributed by atoms with Gasteiger partial charge in [0.1, 0.15) is 0 Å². The van der Waals surface area contributed by atoms with Crippen LogP contribution in [-0.4, -0.2) is 28.2 Å². The van der Waals surface area contributed by atoms with Gasteiger partial charge in [-0.2, -0.15) is 28.2 Å². The molecule has 0 N–H and O–H groups in total. The summed E-state index contributed by atoms with van der Waals surface area (Å²) >= 11 is 0.292. The Morgan fingerprint density at radius 2 is 1.10 bits per heavy atom. The SMILES string of the molecule is C[N-]C.C[N-]C.Cc1ccc(C=CC=Cc2ccc(C)cc2)cc1.[CH3][Ti+2][C]1=CC=CC1. The first kappa shape index (κ1) is 29.0. The molecule has 164 valence electrons. The van der Waals surface area contributed by atoms with E-state index in [9.17, 15) is 0 Å². The molecule has 0 aromatic heterocycles. The average molecular weight is 450 g/mol. The Balaban J connectivity index is 0.000000569. The predicted octanol–water partition coefficient (Wildman–Crippen LogP) is 8.23. The van der Waals surface area contributed by atoms with Crippen LogP contribution in [0.1, 0.15) is 28.7 Å². The molecule has 0 unspecified atom stereocenters. The van der Waals surface area contributed by atoms with Crippen molar-refractivity contribution in [2.24, 2.45) is 0 Å². The molecule has 31 heavy (non-hydrogen) atoms. The van der Waals surface area contributed by atoms with Crippen LogP contribution in [0.4, 0.5) is 0 Å². The summed E-state index contributed by atoms with van der Waals surface area (Å²) in [6, 6.07) is 17.0. The first-order chi connectivity index (χ1) is 15.0. The van der Waals surface area contributed by atoms with Gasteiger partial charge in [0.25, 0.3) is 0 Å². The summed E-state index contributed by atoms with van der Waals surface area (Å²) in [5.41, 5.74) is 5.05. The Bertz CT molecular complexity index is 742. The zero-order chi connectivity index (χ0) is 23.3. The summed E-state index contributed by atoms with van der Waals surface area (Å²) in [5, 5.41) is 9.32. The molecule has 2 nitrogen and oxygen atoms in total. The van der Waals surface area contributed by atoms with Gasteiger partial charge < -0.3 is 10.6 Å². The Kier molecular flexibility index (Phi) is 18.7. The third-order valence-corrected chi connectivity index (χ3v) is 5.52. The van der Waals surface area contributed by atoms with Crippen LogP contribution in [0.15, 0.2) is 82.8 Å². The Morgan fingerprint density at radius 1 is 0.710 bits per heavy atom. The van der Waals surface area contributed by atoms with Crippen LogP contribution in [0.2, 0.25) is 5.23 Å². The Hall–Kier alpha value is -1.97. The van der Waals surface area contributed by atoms with Gasteiger partial charge in [-0.05, 0) is 25.0 Å². The van der Waals surface area contributed by atoms with Crippen molar-refractivity contribution in [3.05, 3.63) is 116 Å². The van der Waals surface area contributed by atoms with Gasteiger partial charge >= 0.3 is 52.9 Å². The van der Waals surface area contributed by atoms with Gasteiger partial charge in [-0.1, -0.05) is 84.0 Å². The molecule has 2 aromatic carbocycles. The van der Waals surface area contributed by atoms with Gasteiger partial charge in [-0.25, -0.2) is 0 Å². The van der Waals surface area contributed by atoms with Crippen molar-refractivity contribution in [3.63, 3.8) is 0 Å². The van der Waals surface area contributed by atoms with Gasteiger partial charge in [0.15, 0.2) is 0 Å². The van der Waals surface area contributed by atoms with Crippen molar-refractivity contribution in [2.45, 2.75) is 25.5 Å². The molecule has 0 heterocycles. The van der Waals surface area contributed by atoms with Crippen molar-refractivity contribution >= 4 is 12.2 Å². The molecule has 0 amide bonds. The van der Waals surface area contributed by atoms with E-state index in [4.69, 9.17) is 0 Å². The zero-order valence-corrected chi connectivity index (χ0v) is 21.8. The van der Waals surface area contributed by atoms with Crippen LogP contribution >= 0.6 is 0 Å². The van der Waals surface area contributed by atoms with E-state index in [0.717, 1.165) is 0 Å². The first-order valence-electron chi connectivity index (χ1n) is 10.5. The molecule has 1 aliphatic rings. The fraction of sp³-hybridized carbons (Fsp3) is 0.286. The van der Waals surface area contributed by atoms with E-state index in [1.165, 1.54) is 28.7 Å². The van der Waals surface area contributed by atoms with Crippen LogP contribution in [0.25, 0.3) is 22.8 Å². The van der Waals surface area contributed by atoms with E-state index < -0.39 is 0 Å². The van der Waals surface area contributed by atoms with Gasteiger partial charge in [-0.15, -0.1) is 0 Å². The Labute approximate surface area is 200 Å². The number of benzene rings is 2. The summed E-state index contributed by atoms with van der Waals surface area (Å²) in [6.07, 6.45) is 16.3. The molecular formula is C28H38N2Ti. The molecule has 0 spiro atoms. The maximum absolute atomic E-state index is 3.50. The van der Waals surface area contributed by atoms with E-state index in [2.05, 4.69) is 121 Å². The van der Waals surface area contributed by atoms with Crippen molar-refractivity contribution in [3.8, 4) is 0 Å². The fourth-order valence-corrected chi connectivity index (χ4v) is 3.23. The van der Waals surface area contributed by atoms with Crippen LogP contribution in [0.5, 0.6) is 0 Å². The van der Waals surface area contributed by atoms with Crippen LogP contribution in [0.3, 0.4) is 0 Å². The van der Waals surface area contributed by atoms with E-state index in [1.807, 2.05) is 0 Å². The van der Waals surface area contributed by atoms with Crippen molar-refractivity contribution in [2.75, 3.05) is 28.2 Å². The summed E-state index contributed by atoms with van der Waals surface area (Å²) in [7, 11) is 7.00. The number of hydrogen-bond donors (Lipinski definition) is 0. The molecule has 3 heteroatoms. The monoisotopic (exact) mass is 450 g/mol. The fourth-order valence-electron chi connectivity index (χ4n) is 2.32. The normalized spacial score (nSPS) is 11.5. The van der Waals surface area contributed by atoms with Crippen molar-refractivity contribution < 1.29 is 19.2 Å². The van der Waals surface area contributed by atoms with Crippen LogP contribution in [-0.2, 0) is 19.2 Å². The zero-order valence-electron chi connectivity index (χ0n) is 20.3. The second-order valence-electron chi connectivity index (χ2n) is 7.01. The summed E-state index contributed by atoms with van der Waals surface area (Å²) < 4.78 is 1.68. The number of aryl methyl sites for hydroxylation is 2. The Morgan fingerprint density at radius 3 is 1.35 bits per heavy atom. The van der Waals surface area contributed by atoms with Crippen molar-refractivity contribution in [1.29, 1.82) is 0 Å². The van der Waals surface area contributed by atoms with Gasteiger partial charge in [0.2, 0.25) is 0 Å². The number of hydrogen-bond acceptors (Lipinski definition) is 0. The van der Waals surface area contributed by atoms with Crippen LogP contribution in [0, 0.1) is 13.8 Å². The predicted molar refractivity (Wildman–Crippen MR) is 139 cm³/mol. The van der Waals surface area contributed by atoms with Gasteiger partial charge in [0, 0.05) is 0 Å². The average Bonchev–Trinajstić information content (AvgIpc) is 3.30. The molecule has 3 rings (SSSR count). The topological polar surface area (TPSA) is 28.2 Å². The molecule has 0 saturated heterocycles. The quantitative estimate of drug-likeness (QED) is 0.332. The molecule has 0 fully saturated rings. The molecule has 0 aliphatic heterocycles. The minimum absolute atomic E-state index is 0.292. The third kappa shape index (κ3) is 16.4. The molecule has 0 saturated carbocycles. The first-order valence-corrected chi connectivity index (χ1v) is 12.8. The molecule has 2 aromatic rings. The standard InChI is InChI=1S/C18H18.C5H5.2C2H6N.CH3.Ti/c1-15-7-11-17(12-8-15)5-3-4-6-18-13-9-16(2)10-14-18;1-2-4-5-3-1;2*1-3-2;;/h3-14H,1-2H3;1-3H,4H2;2*1-2H3;1H3;/q;;2*-1;;+2. The number of nitrogens with zero attached hydrogens (tertiary/aromatic N) is 2. The second kappa shape index (κ2) is 20.0. The van der Waals surface area contributed by atoms with E-state index in [-0.39, 0.29) is 0 Å².